The van der Waals surface area contributed by atoms with Gasteiger partial charge in [-0.3, -0.25) is 0 Å². The number of ether oxygens (including phenoxy) is 3. The number of hydrogen-bond acceptors (Lipinski definition) is 4. The van der Waals surface area contributed by atoms with Gasteiger partial charge in [-0.05, 0) is 67.5 Å². The third-order valence-corrected chi connectivity index (χ3v) is 7.96. The first-order valence-corrected chi connectivity index (χ1v) is 15.4. The van der Waals surface area contributed by atoms with E-state index in [1.165, 1.54) is 87.1 Å². The van der Waals surface area contributed by atoms with Crippen LogP contribution in [0.5, 0.6) is 11.5 Å². The van der Waals surface area contributed by atoms with E-state index >= 15 is 4.39 Å². The predicted molar refractivity (Wildman–Crippen MR) is 159 cm³/mol. The van der Waals surface area contributed by atoms with Crippen molar-refractivity contribution in [3.8, 4) is 33.8 Å². The zero-order valence-electron chi connectivity index (χ0n) is 24.9. The number of halogens is 4. The Hall–Kier alpha value is -3.39. The normalized spacial score (nSPS) is 16.7. The molecule has 0 amide bonds. The fourth-order valence-corrected chi connectivity index (χ4v) is 5.47. The van der Waals surface area contributed by atoms with Gasteiger partial charge in [0, 0.05) is 11.1 Å². The van der Waals surface area contributed by atoms with Gasteiger partial charge in [-0.2, -0.15) is 8.78 Å². The highest BCUT2D eigenvalue weighted by Gasteiger charge is 2.29. The number of benzene rings is 3. The summed E-state index contributed by atoms with van der Waals surface area (Å²) in [7, 11) is 0. The van der Waals surface area contributed by atoms with Gasteiger partial charge >= 0.3 is 5.97 Å². The van der Waals surface area contributed by atoms with Crippen LogP contribution in [0.2, 0.25) is 0 Å². The number of unbranched alkanes of at least 4 members (excludes halogenated alkanes) is 6. The first-order chi connectivity index (χ1) is 20.8. The van der Waals surface area contributed by atoms with Crippen LogP contribution in [0.25, 0.3) is 22.3 Å². The molecule has 0 radical (unpaired) electrons. The molecule has 4 rings (SSSR count). The van der Waals surface area contributed by atoms with Crippen LogP contribution in [0.15, 0.2) is 48.5 Å². The van der Waals surface area contributed by atoms with Crippen molar-refractivity contribution in [1.29, 1.82) is 0 Å². The maximum absolute atomic E-state index is 15.1. The van der Waals surface area contributed by atoms with Crippen LogP contribution in [0.1, 0.15) is 78.1 Å². The summed E-state index contributed by atoms with van der Waals surface area (Å²) >= 11 is 0. The molecule has 0 N–H and O–H groups in total. The Morgan fingerprint density at radius 2 is 1.28 bits per heavy atom. The Morgan fingerprint density at radius 1 is 0.721 bits per heavy atom. The largest absolute Gasteiger partial charge is 0.491 e. The Labute approximate surface area is 251 Å². The van der Waals surface area contributed by atoms with E-state index in [-0.39, 0.29) is 23.5 Å². The van der Waals surface area contributed by atoms with E-state index in [0.717, 1.165) is 19.3 Å². The molecule has 0 saturated carbocycles. The average molecular weight is 601 g/mol. The van der Waals surface area contributed by atoms with Gasteiger partial charge in [0.1, 0.15) is 0 Å². The molecule has 232 valence electrons. The van der Waals surface area contributed by atoms with Gasteiger partial charge < -0.3 is 14.2 Å². The third kappa shape index (κ3) is 8.37. The van der Waals surface area contributed by atoms with Gasteiger partial charge in [-0.15, -0.1) is 0 Å². The summed E-state index contributed by atoms with van der Waals surface area (Å²) in [4.78, 5) is 12.7. The quantitative estimate of drug-likeness (QED) is 0.0800. The van der Waals surface area contributed by atoms with Gasteiger partial charge in [0.2, 0.25) is 11.6 Å². The van der Waals surface area contributed by atoms with E-state index < -0.39 is 41.1 Å². The van der Waals surface area contributed by atoms with Crippen molar-refractivity contribution >= 4 is 5.97 Å². The zero-order chi connectivity index (χ0) is 30.8. The van der Waals surface area contributed by atoms with Crippen LogP contribution >= 0.6 is 0 Å². The second kappa shape index (κ2) is 15.9. The Morgan fingerprint density at radius 3 is 1.84 bits per heavy atom. The molecule has 0 aromatic heterocycles. The average Bonchev–Trinajstić information content (AvgIpc) is 3.02. The van der Waals surface area contributed by atoms with Crippen molar-refractivity contribution in [1.82, 2.24) is 0 Å². The molecule has 2 atom stereocenters. The molecule has 1 aliphatic rings. The number of hydrogen-bond donors (Lipinski definition) is 0. The fourth-order valence-electron chi connectivity index (χ4n) is 5.47. The van der Waals surface area contributed by atoms with Crippen LogP contribution in [0, 0.1) is 29.2 Å². The fraction of sp³-hybridized carbons (Fsp3) is 0.457. The van der Waals surface area contributed by atoms with Crippen molar-refractivity contribution < 1.29 is 36.6 Å². The van der Waals surface area contributed by atoms with Crippen molar-refractivity contribution in [2.75, 3.05) is 13.2 Å². The lowest BCUT2D eigenvalue weighted by Gasteiger charge is -2.27. The minimum Gasteiger partial charge on any atom is -0.491 e. The molecule has 4 nitrogen and oxygen atoms in total. The van der Waals surface area contributed by atoms with Crippen LogP contribution in [0.3, 0.4) is 0 Å². The molecule has 0 spiro atoms. The van der Waals surface area contributed by atoms with Crippen LogP contribution in [-0.4, -0.2) is 25.3 Å². The number of carbonyl (C=O) groups is 1. The maximum atomic E-state index is 15.1. The van der Waals surface area contributed by atoms with Crippen LogP contribution in [0.4, 0.5) is 17.6 Å². The molecule has 8 heteroatoms. The molecule has 2 unspecified atom stereocenters. The van der Waals surface area contributed by atoms with Gasteiger partial charge in [-0.25, -0.2) is 13.6 Å². The Balaban J connectivity index is 1.32. The number of esters is 1. The molecule has 0 aliphatic carbocycles. The second-order valence-corrected chi connectivity index (χ2v) is 11.1. The number of rotatable bonds is 14. The van der Waals surface area contributed by atoms with Gasteiger partial charge in [0.05, 0.1) is 13.2 Å². The van der Waals surface area contributed by atoms with Crippen molar-refractivity contribution in [3.05, 3.63) is 71.8 Å². The summed E-state index contributed by atoms with van der Waals surface area (Å²) in [5.41, 5.74) is 0.610. The summed E-state index contributed by atoms with van der Waals surface area (Å²) in [6.45, 7) is 4.52. The molecule has 1 saturated heterocycles. The minimum atomic E-state index is -1.29. The molecule has 3 aromatic rings. The predicted octanol–water partition coefficient (Wildman–Crippen LogP) is 9.82. The highest BCUT2D eigenvalue weighted by atomic mass is 19.2. The van der Waals surface area contributed by atoms with E-state index in [2.05, 4.69) is 6.92 Å². The maximum Gasteiger partial charge on any atom is 0.340 e. The number of carbonyl (C=O) groups excluding carboxylic acids is 1. The van der Waals surface area contributed by atoms with Crippen LogP contribution < -0.4 is 9.47 Å². The SMILES string of the molecule is CCCCCCCCCC1CCC(C(=O)Oc2ccc(-c3ccc(-c4ccc(OCC)c(F)c4F)cc3)c(F)c2F)OC1. The highest BCUT2D eigenvalue weighted by Crippen LogP contribution is 2.34. The monoisotopic (exact) mass is 600 g/mol. The highest BCUT2D eigenvalue weighted by molar-refractivity contribution is 5.78. The molecular weight excluding hydrogens is 560 g/mol. The summed E-state index contributed by atoms with van der Waals surface area (Å²) in [6.07, 6.45) is 10.3. The summed E-state index contributed by atoms with van der Waals surface area (Å²) in [5, 5.41) is 0. The molecule has 0 bridgehead atoms. The van der Waals surface area contributed by atoms with Gasteiger partial charge in [0.25, 0.3) is 0 Å². The van der Waals surface area contributed by atoms with Gasteiger partial charge in [-0.1, -0.05) is 76.1 Å². The Bertz CT molecular complexity index is 1350. The summed E-state index contributed by atoms with van der Waals surface area (Å²) in [6, 6.07) is 11.2. The van der Waals surface area contributed by atoms with E-state index in [9.17, 15) is 18.0 Å². The standard InChI is InChI=1S/C35H40F4O4/c1-3-5-6-7-8-9-10-11-23-12-19-30(42-22-23)35(40)43-29-21-18-27(32(37)34(29)39)25-15-13-24(14-16-25)26-17-20-28(41-4-2)33(38)31(26)36/h13-18,20-21,23,30H,3-12,19,22H2,1-2H3. The van der Waals surface area contributed by atoms with Crippen molar-refractivity contribution in [3.63, 3.8) is 0 Å². The van der Waals surface area contributed by atoms with Crippen molar-refractivity contribution in [2.45, 2.75) is 84.2 Å². The zero-order valence-corrected chi connectivity index (χ0v) is 24.9. The molecule has 3 aromatic carbocycles. The first kappa shape index (κ1) is 32.5. The molecule has 1 heterocycles. The lowest BCUT2D eigenvalue weighted by atomic mass is 9.93. The van der Waals surface area contributed by atoms with Gasteiger partial charge in [0.15, 0.2) is 29.2 Å². The van der Waals surface area contributed by atoms with E-state index in [1.807, 2.05) is 0 Å². The molecule has 1 fully saturated rings. The topological polar surface area (TPSA) is 44.8 Å². The minimum absolute atomic E-state index is 0.00970. The lowest BCUT2D eigenvalue weighted by molar-refractivity contribution is -0.152. The summed E-state index contributed by atoms with van der Waals surface area (Å²) in [5.74, 6) is -5.67. The van der Waals surface area contributed by atoms with E-state index in [0.29, 0.717) is 30.1 Å². The van der Waals surface area contributed by atoms with E-state index in [4.69, 9.17) is 14.2 Å². The molecular formula is C35H40F4O4. The van der Waals surface area contributed by atoms with E-state index in [1.54, 1.807) is 6.92 Å². The molecule has 1 aliphatic heterocycles. The molecule has 43 heavy (non-hydrogen) atoms. The third-order valence-electron chi connectivity index (χ3n) is 7.96. The Kier molecular flexibility index (Phi) is 12.0. The second-order valence-electron chi connectivity index (χ2n) is 11.1. The van der Waals surface area contributed by atoms with Crippen molar-refractivity contribution in [2.24, 2.45) is 5.92 Å². The summed E-state index contributed by atoms with van der Waals surface area (Å²) < 4.78 is 74.9. The smallest absolute Gasteiger partial charge is 0.340 e. The van der Waals surface area contributed by atoms with Crippen LogP contribution in [-0.2, 0) is 9.53 Å². The lowest BCUT2D eigenvalue weighted by Crippen LogP contribution is -2.35. The first-order valence-electron chi connectivity index (χ1n) is 15.4.